The molecule has 21 heavy (non-hydrogen) atoms. The van der Waals surface area contributed by atoms with Crippen molar-refractivity contribution in [1.82, 2.24) is 0 Å². The Hall–Kier alpha value is -0.995. The van der Waals surface area contributed by atoms with E-state index in [4.69, 9.17) is 9.31 Å². The van der Waals surface area contributed by atoms with Crippen LogP contribution in [0.5, 0.6) is 0 Å². The van der Waals surface area contributed by atoms with Crippen LogP contribution in [0.15, 0.2) is 24.3 Å². The zero-order valence-electron chi connectivity index (χ0n) is 13.4. The number of hydrogen-bond acceptors (Lipinski definition) is 3. The van der Waals surface area contributed by atoms with E-state index in [1.165, 1.54) is 25.2 Å². The summed E-state index contributed by atoms with van der Waals surface area (Å²) in [6, 6.07) is 8.69. The predicted molar refractivity (Wildman–Crippen MR) is 86.0 cm³/mol. The number of anilines is 1. The van der Waals surface area contributed by atoms with Crippen molar-refractivity contribution >= 4 is 18.3 Å². The van der Waals surface area contributed by atoms with Crippen LogP contribution in [0.3, 0.4) is 0 Å². The molecular weight excluding hydrogens is 261 g/mol. The summed E-state index contributed by atoms with van der Waals surface area (Å²) in [5.41, 5.74) is 1.90. The molecule has 0 amide bonds. The van der Waals surface area contributed by atoms with Crippen molar-refractivity contribution in [2.24, 2.45) is 11.8 Å². The summed E-state index contributed by atoms with van der Waals surface area (Å²) in [5, 5.41) is 0. The molecule has 2 unspecified atom stereocenters. The highest BCUT2D eigenvalue weighted by atomic mass is 16.7. The molecule has 1 aromatic rings. The summed E-state index contributed by atoms with van der Waals surface area (Å²) in [4.78, 5) is 2.51. The highest BCUT2D eigenvalue weighted by Crippen LogP contribution is 2.46. The van der Waals surface area contributed by atoms with E-state index in [1.807, 2.05) is 0 Å². The van der Waals surface area contributed by atoms with Crippen LogP contribution < -0.4 is 10.4 Å². The van der Waals surface area contributed by atoms with Gasteiger partial charge < -0.3 is 14.2 Å². The average Bonchev–Trinajstić information content (AvgIpc) is 2.95. The molecule has 0 spiro atoms. The maximum atomic E-state index is 6.16. The van der Waals surface area contributed by atoms with E-state index in [0.29, 0.717) is 0 Å². The third-order valence-electron chi connectivity index (χ3n) is 5.74. The normalized spacial score (nSPS) is 32.4. The van der Waals surface area contributed by atoms with E-state index < -0.39 is 0 Å². The van der Waals surface area contributed by atoms with Crippen molar-refractivity contribution in [2.45, 2.75) is 45.3 Å². The Balaban J connectivity index is 1.56. The third kappa shape index (κ3) is 2.20. The second-order valence-electron chi connectivity index (χ2n) is 7.84. The number of rotatable bonds is 2. The highest BCUT2D eigenvalue weighted by molar-refractivity contribution is 6.62. The van der Waals surface area contributed by atoms with E-state index in [9.17, 15) is 0 Å². The lowest BCUT2D eigenvalue weighted by Crippen LogP contribution is -2.41. The van der Waals surface area contributed by atoms with Crippen LogP contribution >= 0.6 is 0 Å². The van der Waals surface area contributed by atoms with Crippen molar-refractivity contribution in [1.29, 1.82) is 0 Å². The van der Waals surface area contributed by atoms with Crippen LogP contribution in [0.2, 0.25) is 0 Å². The van der Waals surface area contributed by atoms with E-state index in [1.54, 1.807) is 0 Å². The number of fused-ring (bicyclic) bond motifs is 1. The van der Waals surface area contributed by atoms with Crippen LogP contribution in [0.4, 0.5) is 5.69 Å². The van der Waals surface area contributed by atoms with Gasteiger partial charge in [0.15, 0.2) is 0 Å². The van der Waals surface area contributed by atoms with Gasteiger partial charge in [0.05, 0.1) is 11.2 Å². The van der Waals surface area contributed by atoms with Gasteiger partial charge in [0, 0.05) is 18.8 Å². The highest BCUT2D eigenvalue weighted by Gasteiger charge is 2.52. The lowest BCUT2D eigenvalue weighted by molar-refractivity contribution is 0.00578. The fourth-order valence-corrected chi connectivity index (χ4v) is 3.46. The van der Waals surface area contributed by atoms with Crippen LogP contribution in [-0.4, -0.2) is 31.4 Å². The molecule has 0 N–H and O–H groups in total. The fourth-order valence-electron chi connectivity index (χ4n) is 3.46. The molecule has 1 saturated carbocycles. The number of nitrogens with zero attached hydrogens (tertiary/aromatic N) is 1. The molecule has 3 fully saturated rings. The molecule has 112 valence electrons. The Morgan fingerprint density at radius 2 is 1.67 bits per heavy atom. The maximum Gasteiger partial charge on any atom is 0.494 e. The second kappa shape index (κ2) is 4.27. The van der Waals surface area contributed by atoms with E-state index >= 15 is 0 Å². The summed E-state index contributed by atoms with van der Waals surface area (Å²) in [6.07, 6.45) is 1.44. The van der Waals surface area contributed by atoms with Gasteiger partial charge in [0.2, 0.25) is 0 Å². The van der Waals surface area contributed by atoms with Crippen LogP contribution in [0.25, 0.3) is 0 Å². The van der Waals surface area contributed by atoms with Gasteiger partial charge in [-0.15, -0.1) is 0 Å². The smallest absolute Gasteiger partial charge is 0.399 e. The summed E-state index contributed by atoms with van der Waals surface area (Å²) in [5.74, 6) is 1.90. The Kier molecular flexibility index (Phi) is 2.77. The monoisotopic (exact) mass is 285 g/mol. The van der Waals surface area contributed by atoms with Crippen molar-refractivity contribution in [2.75, 3.05) is 18.0 Å². The van der Waals surface area contributed by atoms with Crippen molar-refractivity contribution in [3.8, 4) is 0 Å². The summed E-state index contributed by atoms with van der Waals surface area (Å²) in [7, 11) is -0.257. The zero-order chi connectivity index (χ0) is 14.8. The van der Waals surface area contributed by atoms with Crippen molar-refractivity contribution < 1.29 is 9.31 Å². The Morgan fingerprint density at radius 3 is 2.29 bits per heavy atom. The van der Waals surface area contributed by atoms with Crippen LogP contribution in [0.1, 0.15) is 34.1 Å². The van der Waals surface area contributed by atoms with Gasteiger partial charge in [0.1, 0.15) is 0 Å². The molecule has 1 aromatic carbocycles. The molecule has 0 radical (unpaired) electrons. The molecule has 2 aliphatic heterocycles. The lowest BCUT2D eigenvalue weighted by Gasteiger charge is -2.32. The molecule has 2 atom stereocenters. The van der Waals surface area contributed by atoms with Gasteiger partial charge in [-0.3, -0.25) is 0 Å². The Bertz CT molecular complexity index is 546. The fraction of sp³-hybridized carbons (Fsp3) is 0.647. The lowest BCUT2D eigenvalue weighted by atomic mass is 9.79. The van der Waals surface area contributed by atoms with E-state index in [-0.39, 0.29) is 18.3 Å². The molecule has 2 saturated heterocycles. The van der Waals surface area contributed by atoms with Gasteiger partial charge in [-0.2, -0.15) is 0 Å². The second-order valence-corrected chi connectivity index (χ2v) is 7.84. The molecule has 1 aliphatic carbocycles. The number of benzene rings is 1. The quantitative estimate of drug-likeness (QED) is 0.779. The first-order valence-electron chi connectivity index (χ1n) is 8.06. The summed E-state index contributed by atoms with van der Waals surface area (Å²) in [6.45, 7) is 10.8. The summed E-state index contributed by atoms with van der Waals surface area (Å²) >= 11 is 0. The van der Waals surface area contributed by atoms with Crippen molar-refractivity contribution in [3.05, 3.63) is 24.3 Å². The number of piperidine rings is 1. The first-order chi connectivity index (χ1) is 9.86. The largest absolute Gasteiger partial charge is 0.494 e. The Morgan fingerprint density at radius 1 is 1.05 bits per heavy atom. The van der Waals surface area contributed by atoms with Crippen LogP contribution in [-0.2, 0) is 9.31 Å². The first kappa shape index (κ1) is 13.7. The Labute approximate surface area is 127 Å². The van der Waals surface area contributed by atoms with E-state index in [0.717, 1.165) is 17.3 Å². The minimum Gasteiger partial charge on any atom is -0.399 e. The zero-order valence-corrected chi connectivity index (χ0v) is 13.4. The molecule has 3 nitrogen and oxygen atoms in total. The van der Waals surface area contributed by atoms with Crippen LogP contribution in [0, 0.1) is 11.8 Å². The number of hydrogen-bond donors (Lipinski definition) is 0. The van der Waals surface area contributed by atoms with E-state index in [2.05, 4.69) is 56.9 Å². The third-order valence-corrected chi connectivity index (χ3v) is 5.74. The average molecular weight is 285 g/mol. The molecule has 2 heterocycles. The molecule has 0 bridgehead atoms. The minimum atomic E-state index is -0.275. The predicted octanol–water partition coefficient (Wildman–Crippen LogP) is 2.44. The van der Waals surface area contributed by atoms with Gasteiger partial charge in [-0.25, -0.2) is 0 Å². The molecule has 3 aliphatic rings. The van der Waals surface area contributed by atoms with Crippen molar-refractivity contribution in [3.63, 3.8) is 0 Å². The van der Waals surface area contributed by atoms with Gasteiger partial charge >= 0.3 is 7.12 Å². The minimum absolute atomic E-state index is 0.257. The van der Waals surface area contributed by atoms with Gasteiger partial charge in [0.25, 0.3) is 0 Å². The first-order valence-corrected chi connectivity index (χ1v) is 8.06. The SMILES string of the molecule is CC1(C)OB(c2cccc(N3CC4CC4C3)c2)OC1(C)C. The summed E-state index contributed by atoms with van der Waals surface area (Å²) < 4.78 is 12.3. The molecule has 0 aromatic heterocycles. The topological polar surface area (TPSA) is 21.7 Å². The molecular formula is C17H24BNO2. The van der Waals surface area contributed by atoms with Gasteiger partial charge in [-0.05, 0) is 63.5 Å². The molecule has 4 rings (SSSR count). The maximum absolute atomic E-state index is 6.16. The standard InChI is InChI=1S/C17H24BNO2/c1-16(2)17(3,4)21-18(20-16)14-6-5-7-15(9-14)19-10-12-8-13(12)11-19/h5-7,9,12-13H,8,10-11H2,1-4H3. The molecule has 4 heteroatoms. The van der Waals surface area contributed by atoms with Gasteiger partial charge in [-0.1, -0.05) is 12.1 Å².